The summed E-state index contributed by atoms with van der Waals surface area (Å²) in [6.07, 6.45) is 1.72. The molecule has 0 aliphatic rings. The van der Waals surface area contributed by atoms with E-state index in [2.05, 4.69) is 4.98 Å². The van der Waals surface area contributed by atoms with Gasteiger partial charge in [0.1, 0.15) is 5.75 Å². The van der Waals surface area contributed by atoms with Crippen molar-refractivity contribution >= 4 is 34.0 Å². The number of hydrogen-bond donors (Lipinski definition) is 1. The molecule has 0 aliphatic heterocycles. The third-order valence-electron chi connectivity index (χ3n) is 3.16. The van der Waals surface area contributed by atoms with Crippen molar-refractivity contribution in [3.8, 4) is 11.6 Å². The first kappa shape index (κ1) is 14.1. The summed E-state index contributed by atoms with van der Waals surface area (Å²) in [5.41, 5.74) is 6.71. The van der Waals surface area contributed by atoms with Crippen molar-refractivity contribution in [3.63, 3.8) is 0 Å². The van der Waals surface area contributed by atoms with Crippen LogP contribution >= 0.6 is 23.2 Å². The van der Waals surface area contributed by atoms with Crippen LogP contribution in [-0.2, 0) is 6.54 Å². The lowest BCUT2D eigenvalue weighted by atomic mass is 10.1. The summed E-state index contributed by atoms with van der Waals surface area (Å²) in [5, 5.41) is 2.94. The van der Waals surface area contributed by atoms with E-state index in [1.807, 2.05) is 24.3 Å². The fourth-order valence-electron chi connectivity index (χ4n) is 2.13. The van der Waals surface area contributed by atoms with Gasteiger partial charge in [-0.25, -0.2) is 4.98 Å². The van der Waals surface area contributed by atoms with Gasteiger partial charge in [0.15, 0.2) is 0 Å². The predicted octanol–water partition coefficient (Wildman–Crippen LogP) is 4.79. The van der Waals surface area contributed by atoms with Gasteiger partial charge in [-0.05, 0) is 29.1 Å². The van der Waals surface area contributed by atoms with Crippen molar-refractivity contribution in [2.75, 3.05) is 0 Å². The van der Waals surface area contributed by atoms with Crippen molar-refractivity contribution in [1.29, 1.82) is 0 Å². The highest BCUT2D eigenvalue weighted by atomic mass is 35.5. The zero-order valence-electron chi connectivity index (χ0n) is 11.0. The Kier molecular flexibility index (Phi) is 3.97. The van der Waals surface area contributed by atoms with Gasteiger partial charge < -0.3 is 10.5 Å². The predicted molar refractivity (Wildman–Crippen MR) is 86.2 cm³/mol. The van der Waals surface area contributed by atoms with Crippen LogP contribution in [0.25, 0.3) is 10.8 Å². The van der Waals surface area contributed by atoms with Crippen LogP contribution in [0.3, 0.4) is 0 Å². The summed E-state index contributed by atoms with van der Waals surface area (Å²) in [4.78, 5) is 4.34. The van der Waals surface area contributed by atoms with Crippen LogP contribution < -0.4 is 10.5 Å². The fourth-order valence-corrected chi connectivity index (χ4v) is 2.45. The summed E-state index contributed by atoms with van der Waals surface area (Å²) >= 11 is 12.1. The highest BCUT2D eigenvalue weighted by Crippen LogP contribution is 2.34. The molecule has 0 atom stereocenters. The Hall–Kier alpha value is -1.81. The number of nitrogens with two attached hydrogens (primary N) is 1. The number of nitrogens with zero attached hydrogens (tertiary/aromatic N) is 1. The number of pyridine rings is 1. The molecule has 106 valence electrons. The fraction of sp³-hybridized carbons (Fsp3) is 0.0625. The minimum atomic E-state index is 0.422. The lowest BCUT2D eigenvalue weighted by molar-refractivity contribution is 0.469. The number of benzene rings is 2. The molecule has 3 nitrogen and oxygen atoms in total. The van der Waals surface area contributed by atoms with E-state index >= 15 is 0 Å². The largest absolute Gasteiger partial charge is 0.437 e. The molecule has 21 heavy (non-hydrogen) atoms. The third-order valence-corrected chi connectivity index (χ3v) is 3.71. The summed E-state index contributed by atoms with van der Waals surface area (Å²) in [5.74, 6) is 0.953. The molecule has 0 radical (unpaired) electrons. The van der Waals surface area contributed by atoms with Crippen molar-refractivity contribution in [2.24, 2.45) is 5.73 Å². The monoisotopic (exact) mass is 318 g/mol. The van der Waals surface area contributed by atoms with Crippen LogP contribution in [0.5, 0.6) is 11.6 Å². The summed E-state index contributed by atoms with van der Waals surface area (Å²) in [6, 6.07) is 12.9. The Morgan fingerprint density at radius 2 is 1.81 bits per heavy atom. The Bertz CT molecular complexity index is 805. The van der Waals surface area contributed by atoms with Crippen LogP contribution in [0.1, 0.15) is 5.56 Å². The molecule has 0 spiro atoms. The van der Waals surface area contributed by atoms with Gasteiger partial charge in [0, 0.05) is 29.2 Å². The van der Waals surface area contributed by atoms with Crippen molar-refractivity contribution < 1.29 is 4.74 Å². The van der Waals surface area contributed by atoms with Gasteiger partial charge in [-0.3, -0.25) is 0 Å². The second-order valence-corrected chi connectivity index (χ2v) is 5.36. The minimum Gasteiger partial charge on any atom is -0.437 e. The molecule has 0 amide bonds. The van der Waals surface area contributed by atoms with Crippen LogP contribution in [0.15, 0.2) is 48.7 Å². The quantitative estimate of drug-likeness (QED) is 0.755. The van der Waals surface area contributed by atoms with Gasteiger partial charge in [-0.2, -0.15) is 0 Å². The molecule has 1 aromatic heterocycles. The number of halogens is 2. The Morgan fingerprint density at radius 3 is 2.57 bits per heavy atom. The number of aromatic nitrogens is 1. The van der Waals surface area contributed by atoms with Crippen molar-refractivity contribution in [2.45, 2.75) is 6.54 Å². The van der Waals surface area contributed by atoms with E-state index in [-0.39, 0.29) is 0 Å². The summed E-state index contributed by atoms with van der Waals surface area (Å²) in [7, 11) is 0. The minimum absolute atomic E-state index is 0.422. The van der Waals surface area contributed by atoms with E-state index < -0.39 is 0 Å². The molecular formula is C16H12Cl2N2O. The molecule has 0 aliphatic carbocycles. The smallest absolute Gasteiger partial charge is 0.227 e. The number of hydrogen-bond acceptors (Lipinski definition) is 3. The van der Waals surface area contributed by atoms with Gasteiger partial charge in [0.25, 0.3) is 0 Å². The maximum atomic E-state index is 6.12. The molecule has 0 saturated carbocycles. The molecular weight excluding hydrogens is 307 g/mol. The number of rotatable bonds is 3. The molecule has 5 heteroatoms. The van der Waals surface area contributed by atoms with Gasteiger partial charge in [0.2, 0.25) is 5.88 Å². The van der Waals surface area contributed by atoms with Crippen LogP contribution in [0, 0.1) is 0 Å². The van der Waals surface area contributed by atoms with Crippen molar-refractivity contribution in [1.82, 2.24) is 4.98 Å². The molecule has 2 aromatic carbocycles. The SMILES string of the molecule is NCc1cnc(Oc2cc(Cl)ccc2Cl)c2ccccc12. The van der Waals surface area contributed by atoms with E-state index in [9.17, 15) is 0 Å². The molecule has 3 aromatic rings. The Labute approximate surface area is 132 Å². The zero-order valence-corrected chi connectivity index (χ0v) is 12.5. The van der Waals surface area contributed by atoms with Crippen molar-refractivity contribution in [3.05, 3.63) is 64.3 Å². The third kappa shape index (κ3) is 2.81. The van der Waals surface area contributed by atoms with Crippen LogP contribution in [0.2, 0.25) is 10.0 Å². The molecule has 3 rings (SSSR count). The maximum absolute atomic E-state index is 6.12. The van der Waals surface area contributed by atoms with E-state index in [1.165, 1.54) is 0 Å². The standard InChI is InChI=1S/C16H12Cl2N2O/c17-11-5-6-14(18)15(7-11)21-16-13-4-2-1-3-12(13)10(8-19)9-20-16/h1-7,9H,8,19H2. The maximum Gasteiger partial charge on any atom is 0.227 e. The number of ether oxygens (including phenoxy) is 1. The lowest BCUT2D eigenvalue weighted by Crippen LogP contribution is -2.00. The van der Waals surface area contributed by atoms with Crippen LogP contribution in [-0.4, -0.2) is 4.98 Å². The van der Waals surface area contributed by atoms with E-state index in [0.717, 1.165) is 16.3 Å². The molecule has 0 unspecified atom stereocenters. The molecule has 1 heterocycles. The topological polar surface area (TPSA) is 48.1 Å². The molecule has 0 bridgehead atoms. The summed E-state index contributed by atoms with van der Waals surface area (Å²) in [6.45, 7) is 0.422. The first-order chi connectivity index (χ1) is 10.2. The second kappa shape index (κ2) is 5.90. The van der Waals surface area contributed by atoms with E-state index in [4.69, 9.17) is 33.7 Å². The Balaban J connectivity index is 2.11. The average molecular weight is 319 g/mol. The van der Waals surface area contributed by atoms with Crippen LogP contribution in [0.4, 0.5) is 0 Å². The lowest BCUT2D eigenvalue weighted by Gasteiger charge is -2.11. The highest BCUT2D eigenvalue weighted by Gasteiger charge is 2.10. The molecule has 0 saturated heterocycles. The molecule has 0 fully saturated rings. The zero-order chi connectivity index (χ0) is 14.8. The van der Waals surface area contributed by atoms with Gasteiger partial charge in [-0.15, -0.1) is 0 Å². The molecule has 2 N–H and O–H groups in total. The highest BCUT2D eigenvalue weighted by molar-refractivity contribution is 6.34. The number of fused-ring (bicyclic) bond motifs is 1. The van der Waals surface area contributed by atoms with Gasteiger partial charge in [0.05, 0.1) is 5.02 Å². The second-order valence-electron chi connectivity index (χ2n) is 4.52. The van der Waals surface area contributed by atoms with Gasteiger partial charge in [-0.1, -0.05) is 41.4 Å². The Morgan fingerprint density at radius 1 is 1.05 bits per heavy atom. The average Bonchev–Trinajstić information content (AvgIpc) is 2.51. The summed E-state index contributed by atoms with van der Waals surface area (Å²) < 4.78 is 5.83. The first-order valence-electron chi connectivity index (χ1n) is 6.38. The normalized spacial score (nSPS) is 10.8. The van der Waals surface area contributed by atoms with E-state index in [1.54, 1.807) is 24.4 Å². The van der Waals surface area contributed by atoms with Gasteiger partial charge >= 0.3 is 0 Å². The first-order valence-corrected chi connectivity index (χ1v) is 7.14. The van der Waals surface area contributed by atoms with E-state index in [0.29, 0.717) is 28.2 Å².